The van der Waals surface area contributed by atoms with E-state index in [9.17, 15) is 9.59 Å². The van der Waals surface area contributed by atoms with Crippen LogP contribution >= 0.6 is 0 Å². The Bertz CT molecular complexity index is 1440. The van der Waals surface area contributed by atoms with E-state index >= 15 is 0 Å². The molecule has 2 fully saturated rings. The molecule has 1 aromatic carbocycles. The highest BCUT2D eigenvalue weighted by Gasteiger charge is 2.33. The molecule has 2 saturated heterocycles. The van der Waals surface area contributed by atoms with Crippen LogP contribution in [0.15, 0.2) is 36.5 Å². The summed E-state index contributed by atoms with van der Waals surface area (Å²) in [5.74, 6) is 1.32. The molecule has 40 heavy (non-hydrogen) atoms. The lowest BCUT2D eigenvalue weighted by atomic mass is 9.84. The van der Waals surface area contributed by atoms with E-state index in [4.69, 9.17) is 14.2 Å². The number of ether oxygens (including phenoxy) is 3. The van der Waals surface area contributed by atoms with Gasteiger partial charge in [0.1, 0.15) is 0 Å². The van der Waals surface area contributed by atoms with E-state index in [0.29, 0.717) is 25.3 Å². The zero-order valence-electron chi connectivity index (χ0n) is 23.7. The number of morpholine rings is 1. The van der Waals surface area contributed by atoms with Gasteiger partial charge < -0.3 is 29.2 Å². The minimum Gasteiger partial charge on any atom is -0.454 e. The fourth-order valence-electron chi connectivity index (χ4n) is 6.48. The van der Waals surface area contributed by atoms with Gasteiger partial charge in [0.15, 0.2) is 11.5 Å². The average Bonchev–Trinajstić information content (AvgIpc) is 3.58. The van der Waals surface area contributed by atoms with E-state index in [1.165, 1.54) is 0 Å². The molecule has 0 saturated carbocycles. The number of carbonyl (C=O) groups excluding carboxylic acids is 2. The van der Waals surface area contributed by atoms with Crippen LogP contribution in [0.5, 0.6) is 11.5 Å². The maximum Gasteiger partial charge on any atom is 0.251 e. The van der Waals surface area contributed by atoms with E-state index in [-0.39, 0.29) is 42.5 Å². The summed E-state index contributed by atoms with van der Waals surface area (Å²) >= 11 is 0. The summed E-state index contributed by atoms with van der Waals surface area (Å²) in [5, 5.41) is 6.12. The van der Waals surface area contributed by atoms with Crippen LogP contribution in [0.3, 0.4) is 0 Å². The average molecular weight is 547 g/mol. The van der Waals surface area contributed by atoms with Gasteiger partial charge >= 0.3 is 0 Å². The van der Waals surface area contributed by atoms with Crippen molar-refractivity contribution in [3.63, 3.8) is 0 Å². The number of benzene rings is 1. The summed E-state index contributed by atoms with van der Waals surface area (Å²) in [6.45, 7) is 11.9. The number of carbonyl (C=O) groups is 2. The van der Waals surface area contributed by atoms with Crippen LogP contribution in [0.1, 0.15) is 54.8 Å². The lowest BCUT2D eigenvalue weighted by Gasteiger charge is -2.34. The minimum atomic E-state index is -0.234. The van der Waals surface area contributed by atoms with E-state index < -0.39 is 0 Å². The van der Waals surface area contributed by atoms with E-state index in [2.05, 4.69) is 46.0 Å². The molecule has 5 heterocycles. The molecule has 4 unspecified atom stereocenters. The Labute approximate surface area is 234 Å². The van der Waals surface area contributed by atoms with Crippen LogP contribution in [0.4, 0.5) is 0 Å². The second-order valence-electron chi connectivity index (χ2n) is 11.4. The van der Waals surface area contributed by atoms with E-state index in [0.717, 1.165) is 58.9 Å². The maximum absolute atomic E-state index is 13.7. The molecular weight excluding hydrogens is 508 g/mol. The lowest BCUT2D eigenvalue weighted by molar-refractivity contribution is -0.129. The predicted molar refractivity (Wildman–Crippen MR) is 152 cm³/mol. The van der Waals surface area contributed by atoms with Crippen molar-refractivity contribution in [2.24, 2.45) is 11.8 Å². The van der Waals surface area contributed by atoms with Crippen LogP contribution in [-0.2, 0) is 9.53 Å². The summed E-state index contributed by atoms with van der Waals surface area (Å²) < 4.78 is 18.9. The Morgan fingerprint density at radius 2 is 1.88 bits per heavy atom. The number of hydrogen-bond donors (Lipinski definition) is 2. The van der Waals surface area contributed by atoms with Gasteiger partial charge in [0.25, 0.3) is 5.91 Å². The summed E-state index contributed by atoms with van der Waals surface area (Å²) in [6, 6.07) is 10.3. The van der Waals surface area contributed by atoms with Gasteiger partial charge in [-0.05, 0) is 68.5 Å². The first-order valence-electron chi connectivity index (χ1n) is 14.3. The summed E-state index contributed by atoms with van der Waals surface area (Å²) in [7, 11) is 0. The molecule has 9 nitrogen and oxygen atoms in total. The van der Waals surface area contributed by atoms with Crippen LogP contribution in [-0.4, -0.2) is 66.8 Å². The zero-order valence-corrected chi connectivity index (χ0v) is 23.7. The number of fused-ring (bicyclic) bond motifs is 2. The summed E-state index contributed by atoms with van der Waals surface area (Å²) in [5.41, 5.74) is 5.65. The SMILES string of the molecule is Cc1c(C(=O)NCC2C(=O)NC(C)CC2C)cc2cc(-c3ccc4c(c3)OCO4)cn2c1C(C)N1CCOCC1. The topological polar surface area (TPSA) is 93.5 Å². The second-order valence-corrected chi connectivity index (χ2v) is 11.4. The monoisotopic (exact) mass is 546 g/mol. The third-order valence-electron chi connectivity index (χ3n) is 8.75. The van der Waals surface area contributed by atoms with Gasteiger partial charge in [0.2, 0.25) is 12.7 Å². The zero-order chi connectivity index (χ0) is 28.0. The molecular formula is C31H38N4O5. The number of nitrogens with one attached hydrogen (secondary N) is 2. The molecule has 0 bridgehead atoms. The highest BCUT2D eigenvalue weighted by Crippen LogP contribution is 2.38. The van der Waals surface area contributed by atoms with Crippen molar-refractivity contribution in [2.45, 2.75) is 46.2 Å². The summed E-state index contributed by atoms with van der Waals surface area (Å²) in [4.78, 5) is 28.7. The molecule has 0 aliphatic carbocycles. The fourth-order valence-corrected chi connectivity index (χ4v) is 6.48. The standard InChI is InChI=1S/C31H38N4O5/c1-18-11-19(2)33-31(37)26(18)15-32-30(36)25-14-24-12-23(22-5-6-27-28(13-22)40-17-39-27)16-35(24)29(20(25)3)21(4)34-7-9-38-10-8-34/h5-6,12-14,16,18-19,21,26H,7-11,15,17H2,1-4H3,(H,32,36)(H,33,37). The minimum absolute atomic E-state index is 0.0142. The number of amides is 2. The van der Waals surface area contributed by atoms with Crippen molar-refractivity contribution < 1.29 is 23.8 Å². The van der Waals surface area contributed by atoms with Gasteiger partial charge in [-0.2, -0.15) is 0 Å². The Morgan fingerprint density at radius 1 is 1.10 bits per heavy atom. The van der Waals surface area contributed by atoms with Crippen molar-refractivity contribution in [3.05, 3.63) is 53.3 Å². The van der Waals surface area contributed by atoms with Gasteiger partial charge in [0, 0.05) is 60.3 Å². The third-order valence-corrected chi connectivity index (χ3v) is 8.75. The molecule has 3 aliphatic rings. The van der Waals surface area contributed by atoms with Crippen LogP contribution in [0.2, 0.25) is 0 Å². The number of hydrogen-bond acceptors (Lipinski definition) is 6. The molecule has 0 spiro atoms. The second kappa shape index (κ2) is 10.8. The highest BCUT2D eigenvalue weighted by molar-refractivity contribution is 5.97. The van der Waals surface area contributed by atoms with Gasteiger partial charge in [0.05, 0.1) is 19.1 Å². The first-order valence-corrected chi connectivity index (χ1v) is 14.3. The molecule has 9 heteroatoms. The van der Waals surface area contributed by atoms with Crippen molar-refractivity contribution >= 4 is 17.3 Å². The molecule has 2 aromatic heterocycles. The normalized spacial score (nSPS) is 23.7. The molecule has 3 aromatic rings. The number of pyridine rings is 1. The molecule has 3 aliphatic heterocycles. The Kier molecular flexibility index (Phi) is 7.18. The van der Waals surface area contributed by atoms with Crippen LogP contribution < -0.4 is 20.1 Å². The summed E-state index contributed by atoms with van der Waals surface area (Å²) in [6.07, 6.45) is 3.05. The first-order chi connectivity index (χ1) is 19.3. The van der Waals surface area contributed by atoms with Gasteiger partial charge in [-0.3, -0.25) is 14.5 Å². The van der Waals surface area contributed by atoms with Gasteiger partial charge in [-0.25, -0.2) is 0 Å². The first kappa shape index (κ1) is 26.7. The highest BCUT2D eigenvalue weighted by atomic mass is 16.7. The van der Waals surface area contributed by atoms with Crippen molar-refractivity contribution in [3.8, 4) is 22.6 Å². The molecule has 2 amide bonds. The lowest BCUT2D eigenvalue weighted by Crippen LogP contribution is -2.50. The predicted octanol–water partition coefficient (Wildman–Crippen LogP) is 3.93. The maximum atomic E-state index is 13.7. The van der Waals surface area contributed by atoms with Gasteiger partial charge in [-0.15, -0.1) is 0 Å². The Morgan fingerprint density at radius 3 is 2.65 bits per heavy atom. The largest absolute Gasteiger partial charge is 0.454 e. The molecule has 4 atom stereocenters. The number of nitrogens with zero attached hydrogens (tertiary/aromatic N) is 2. The molecule has 212 valence electrons. The van der Waals surface area contributed by atoms with Gasteiger partial charge in [-0.1, -0.05) is 13.0 Å². The fraction of sp³-hybridized carbons (Fsp3) is 0.484. The van der Waals surface area contributed by atoms with E-state index in [1.54, 1.807) is 0 Å². The van der Waals surface area contributed by atoms with Crippen molar-refractivity contribution in [1.29, 1.82) is 0 Å². The molecule has 2 N–H and O–H groups in total. The number of aromatic nitrogens is 1. The van der Waals surface area contributed by atoms with E-state index in [1.807, 2.05) is 38.1 Å². The molecule has 0 radical (unpaired) electrons. The van der Waals surface area contributed by atoms with Crippen LogP contribution in [0, 0.1) is 18.8 Å². The quantitative estimate of drug-likeness (QED) is 0.487. The Hall–Kier alpha value is -3.56. The number of piperidine rings is 1. The third kappa shape index (κ3) is 4.92. The van der Waals surface area contributed by atoms with Crippen molar-refractivity contribution in [1.82, 2.24) is 19.9 Å². The van der Waals surface area contributed by atoms with Crippen molar-refractivity contribution in [2.75, 3.05) is 39.6 Å². The number of rotatable bonds is 6. The Balaban J connectivity index is 1.36. The van der Waals surface area contributed by atoms with Crippen LogP contribution in [0.25, 0.3) is 16.6 Å². The molecule has 6 rings (SSSR count). The smallest absolute Gasteiger partial charge is 0.251 e.